The number of carbonyl (C=O) groups is 2. The van der Waals surface area contributed by atoms with Crippen molar-refractivity contribution in [1.29, 1.82) is 0 Å². The van der Waals surface area contributed by atoms with Crippen LogP contribution in [0.1, 0.15) is 17.3 Å². The average molecular weight is 417 g/mol. The van der Waals surface area contributed by atoms with Gasteiger partial charge in [0.1, 0.15) is 6.04 Å². The number of rotatable bonds is 5. The molecule has 1 heterocycles. The molecule has 9 heteroatoms. The zero-order valence-corrected chi connectivity index (χ0v) is 16.6. The first-order valence-electron chi connectivity index (χ1n) is 9.20. The first-order valence-corrected chi connectivity index (χ1v) is 9.58. The number of nitro benzene ring substituents is 1. The van der Waals surface area contributed by atoms with Crippen molar-refractivity contribution >= 4 is 34.8 Å². The van der Waals surface area contributed by atoms with Gasteiger partial charge in [0, 0.05) is 43.9 Å². The molecule has 2 aromatic rings. The molecule has 1 aliphatic heterocycles. The van der Waals surface area contributed by atoms with Crippen LogP contribution in [-0.2, 0) is 4.79 Å². The fourth-order valence-corrected chi connectivity index (χ4v) is 3.51. The number of carbonyl (C=O) groups excluding carboxylic acids is 2. The van der Waals surface area contributed by atoms with Crippen molar-refractivity contribution in [2.75, 3.05) is 31.1 Å². The molecule has 0 aliphatic carbocycles. The Bertz CT molecular complexity index is 928. The normalized spacial score (nSPS) is 15.0. The molecule has 29 heavy (non-hydrogen) atoms. The van der Waals surface area contributed by atoms with E-state index in [4.69, 9.17) is 11.6 Å². The van der Waals surface area contributed by atoms with Crippen LogP contribution in [0.5, 0.6) is 0 Å². The second-order valence-corrected chi connectivity index (χ2v) is 7.17. The van der Waals surface area contributed by atoms with E-state index in [1.54, 1.807) is 11.8 Å². The molecule has 1 fully saturated rings. The number of piperazine rings is 1. The largest absolute Gasteiger partial charge is 0.367 e. The maximum absolute atomic E-state index is 12.7. The van der Waals surface area contributed by atoms with E-state index in [1.165, 1.54) is 24.3 Å². The Balaban J connectivity index is 1.57. The molecule has 152 valence electrons. The Morgan fingerprint density at radius 3 is 2.45 bits per heavy atom. The molecule has 0 bridgehead atoms. The molecule has 1 atom stereocenters. The zero-order valence-electron chi connectivity index (χ0n) is 15.9. The Labute approximate surface area is 173 Å². The van der Waals surface area contributed by atoms with Gasteiger partial charge >= 0.3 is 0 Å². The molecular formula is C20H21ClN4O4. The van der Waals surface area contributed by atoms with Gasteiger partial charge in [0.15, 0.2) is 0 Å². The predicted octanol–water partition coefficient (Wildman–Crippen LogP) is 2.72. The number of para-hydroxylation sites is 1. The number of amides is 2. The fourth-order valence-electron chi connectivity index (χ4n) is 3.25. The zero-order chi connectivity index (χ0) is 21.0. The molecule has 0 saturated carbocycles. The molecule has 3 rings (SSSR count). The number of anilines is 1. The van der Waals surface area contributed by atoms with Crippen LogP contribution in [0, 0.1) is 10.1 Å². The number of benzene rings is 2. The van der Waals surface area contributed by atoms with Crippen LogP contribution in [0.2, 0.25) is 5.02 Å². The minimum atomic E-state index is -0.742. The number of nitrogens with one attached hydrogen (secondary N) is 1. The van der Waals surface area contributed by atoms with Crippen LogP contribution < -0.4 is 10.2 Å². The number of hydrogen-bond acceptors (Lipinski definition) is 5. The van der Waals surface area contributed by atoms with Crippen LogP contribution in [-0.4, -0.2) is 53.9 Å². The highest BCUT2D eigenvalue weighted by molar-refractivity contribution is 6.33. The smallest absolute Gasteiger partial charge is 0.270 e. The maximum Gasteiger partial charge on any atom is 0.270 e. The van der Waals surface area contributed by atoms with Crippen molar-refractivity contribution in [1.82, 2.24) is 10.2 Å². The van der Waals surface area contributed by atoms with Gasteiger partial charge in [-0.25, -0.2) is 0 Å². The summed E-state index contributed by atoms with van der Waals surface area (Å²) in [5, 5.41) is 14.2. The van der Waals surface area contributed by atoms with Gasteiger partial charge in [-0.3, -0.25) is 19.7 Å². The van der Waals surface area contributed by atoms with Crippen molar-refractivity contribution in [2.45, 2.75) is 13.0 Å². The highest BCUT2D eigenvalue weighted by Gasteiger charge is 2.27. The van der Waals surface area contributed by atoms with Gasteiger partial charge in [-0.1, -0.05) is 29.8 Å². The molecule has 2 aromatic carbocycles. The van der Waals surface area contributed by atoms with Crippen molar-refractivity contribution in [3.8, 4) is 0 Å². The van der Waals surface area contributed by atoms with Crippen LogP contribution in [0.4, 0.5) is 11.4 Å². The van der Waals surface area contributed by atoms with Gasteiger partial charge in [-0.2, -0.15) is 0 Å². The lowest BCUT2D eigenvalue weighted by atomic mass is 10.1. The number of non-ortho nitro benzene ring substituents is 1. The van der Waals surface area contributed by atoms with Gasteiger partial charge in [0.2, 0.25) is 5.91 Å². The molecule has 1 unspecified atom stereocenters. The molecule has 0 radical (unpaired) electrons. The molecule has 1 aliphatic rings. The van der Waals surface area contributed by atoms with Gasteiger partial charge in [0.05, 0.1) is 15.6 Å². The van der Waals surface area contributed by atoms with Crippen LogP contribution in [0.15, 0.2) is 48.5 Å². The molecule has 0 spiro atoms. The minimum absolute atomic E-state index is 0.141. The summed E-state index contributed by atoms with van der Waals surface area (Å²) in [5.41, 5.74) is 0.906. The second-order valence-electron chi connectivity index (χ2n) is 6.77. The summed E-state index contributed by atoms with van der Waals surface area (Å²) in [6.45, 7) is 3.92. The van der Waals surface area contributed by atoms with Gasteiger partial charge in [0.25, 0.3) is 11.6 Å². The maximum atomic E-state index is 12.7. The third-order valence-electron chi connectivity index (χ3n) is 4.82. The molecule has 1 N–H and O–H groups in total. The lowest BCUT2D eigenvalue weighted by molar-refractivity contribution is -0.384. The lowest BCUT2D eigenvalue weighted by Gasteiger charge is -2.37. The topological polar surface area (TPSA) is 95.8 Å². The summed E-state index contributed by atoms with van der Waals surface area (Å²) in [4.78, 5) is 39.2. The van der Waals surface area contributed by atoms with E-state index in [1.807, 2.05) is 24.3 Å². The Morgan fingerprint density at radius 1 is 1.10 bits per heavy atom. The quantitative estimate of drug-likeness (QED) is 0.597. The van der Waals surface area contributed by atoms with E-state index < -0.39 is 16.9 Å². The SMILES string of the molecule is CC(NC(=O)c1cccc([N+](=O)[O-])c1)C(=O)N1CCN(c2ccccc2Cl)CC1. The van der Waals surface area contributed by atoms with Crippen LogP contribution >= 0.6 is 11.6 Å². The van der Waals surface area contributed by atoms with Crippen LogP contribution in [0.3, 0.4) is 0 Å². The Morgan fingerprint density at radius 2 is 1.79 bits per heavy atom. The van der Waals surface area contributed by atoms with Gasteiger partial charge < -0.3 is 15.1 Å². The fraction of sp³-hybridized carbons (Fsp3) is 0.300. The Hall–Kier alpha value is -3.13. The van der Waals surface area contributed by atoms with E-state index >= 15 is 0 Å². The van der Waals surface area contributed by atoms with Crippen molar-refractivity contribution in [3.05, 3.63) is 69.2 Å². The van der Waals surface area contributed by atoms with Crippen LogP contribution in [0.25, 0.3) is 0 Å². The standard InChI is InChI=1S/C20H21ClN4O4/c1-14(22-19(26)15-5-4-6-16(13-15)25(28)29)20(27)24-11-9-23(10-12-24)18-8-3-2-7-17(18)21/h2-8,13-14H,9-12H2,1H3,(H,22,26). The minimum Gasteiger partial charge on any atom is -0.367 e. The number of halogens is 1. The predicted molar refractivity (Wildman–Crippen MR) is 110 cm³/mol. The van der Waals surface area contributed by atoms with Gasteiger partial charge in [-0.05, 0) is 25.1 Å². The van der Waals surface area contributed by atoms with Gasteiger partial charge in [-0.15, -0.1) is 0 Å². The van der Waals surface area contributed by atoms with E-state index in [0.29, 0.717) is 31.2 Å². The lowest BCUT2D eigenvalue weighted by Crippen LogP contribution is -2.54. The first kappa shape index (κ1) is 20.6. The summed E-state index contributed by atoms with van der Waals surface area (Å²) in [6.07, 6.45) is 0. The summed E-state index contributed by atoms with van der Waals surface area (Å²) in [7, 11) is 0. The number of nitro groups is 1. The molecular weight excluding hydrogens is 396 g/mol. The summed E-state index contributed by atoms with van der Waals surface area (Å²) in [5.74, 6) is -0.716. The third-order valence-corrected chi connectivity index (χ3v) is 5.14. The Kier molecular flexibility index (Phi) is 6.33. The molecule has 8 nitrogen and oxygen atoms in total. The summed E-state index contributed by atoms with van der Waals surface area (Å²) in [6, 6.07) is 12.2. The average Bonchev–Trinajstić information content (AvgIpc) is 2.73. The first-order chi connectivity index (χ1) is 13.9. The molecule has 2 amide bonds. The van der Waals surface area contributed by atoms with Crippen molar-refractivity contribution in [2.24, 2.45) is 0 Å². The molecule has 0 aromatic heterocycles. The second kappa shape index (κ2) is 8.91. The third kappa shape index (κ3) is 4.83. The van der Waals surface area contributed by atoms with E-state index in [-0.39, 0.29) is 17.2 Å². The highest BCUT2D eigenvalue weighted by Crippen LogP contribution is 2.26. The molecule has 1 saturated heterocycles. The van der Waals surface area contributed by atoms with Crippen molar-refractivity contribution in [3.63, 3.8) is 0 Å². The monoisotopic (exact) mass is 416 g/mol. The van der Waals surface area contributed by atoms with E-state index in [2.05, 4.69) is 10.2 Å². The van der Waals surface area contributed by atoms with E-state index in [9.17, 15) is 19.7 Å². The summed E-state index contributed by atoms with van der Waals surface area (Å²) < 4.78 is 0. The number of hydrogen-bond donors (Lipinski definition) is 1. The van der Waals surface area contributed by atoms with Crippen molar-refractivity contribution < 1.29 is 14.5 Å². The van der Waals surface area contributed by atoms with E-state index in [0.717, 1.165) is 5.69 Å². The summed E-state index contributed by atoms with van der Waals surface area (Å²) >= 11 is 6.24. The highest BCUT2D eigenvalue weighted by atomic mass is 35.5. The number of nitrogens with zero attached hydrogens (tertiary/aromatic N) is 3.